The molecule has 0 N–H and O–H groups in total. The van der Waals surface area contributed by atoms with Crippen LogP contribution in [-0.2, 0) is 0 Å². The van der Waals surface area contributed by atoms with E-state index in [1.165, 1.54) is 0 Å². The summed E-state index contributed by atoms with van der Waals surface area (Å²) in [4.78, 5) is 4.13. The van der Waals surface area contributed by atoms with E-state index in [1.807, 2.05) is 50.2 Å². The molecule has 14 heavy (non-hydrogen) atoms. The van der Waals surface area contributed by atoms with E-state index in [0.717, 1.165) is 10.9 Å². The smallest absolute Gasteiger partial charge is 0.141 e. The third-order valence-electron chi connectivity index (χ3n) is 1.71. The molecular formula is C12H12N2. The van der Waals surface area contributed by atoms with Gasteiger partial charge in [0.2, 0.25) is 0 Å². The van der Waals surface area contributed by atoms with Crippen LogP contribution in [0.5, 0.6) is 0 Å². The lowest BCUT2D eigenvalue weighted by atomic mass is 10.2. The van der Waals surface area contributed by atoms with Crippen molar-refractivity contribution in [2.75, 3.05) is 0 Å². The van der Waals surface area contributed by atoms with Crippen LogP contribution < -0.4 is 0 Å². The van der Waals surface area contributed by atoms with Gasteiger partial charge in [-0.15, -0.1) is 0 Å². The SMILES string of the molecule is CC.N#Cc1ccc2ccccc2n1. The van der Waals surface area contributed by atoms with Gasteiger partial charge in [-0.2, -0.15) is 5.26 Å². The molecule has 0 aliphatic heterocycles. The predicted octanol–water partition coefficient (Wildman–Crippen LogP) is 3.13. The van der Waals surface area contributed by atoms with Crippen molar-refractivity contribution < 1.29 is 0 Å². The molecule has 70 valence electrons. The van der Waals surface area contributed by atoms with Gasteiger partial charge in [-0.3, -0.25) is 0 Å². The summed E-state index contributed by atoms with van der Waals surface area (Å²) in [5.41, 5.74) is 1.34. The molecule has 0 aliphatic carbocycles. The van der Waals surface area contributed by atoms with E-state index in [4.69, 9.17) is 5.26 Å². The first-order chi connectivity index (χ1) is 6.90. The van der Waals surface area contributed by atoms with Gasteiger partial charge in [0.05, 0.1) is 5.52 Å². The Morgan fingerprint density at radius 3 is 2.50 bits per heavy atom. The average molecular weight is 184 g/mol. The predicted molar refractivity (Wildman–Crippen MR) is 57.8 cm³/mol. The normalized spacial score (nSPS) is 8.64. The zero-order valence-electron chi connectivity index (χ0n) is 8.36. The molecule has 0 amide bonds. The number of pyridine rings is 1. The Morgan fingerprint density at radius 2 is 1.79 bits per heavy atom. The topological polar surface area (TPSA) is 36.7 Å². The summed E-state index contributed by atoms with van der Waals surface area (Å²) in [5, 5.41) is 9.65. The molecule has 2 rings (SSSR count). The van der Waals surface area contributed by atoms with Gasteiger partial charge in [0.1, 0.15) is 11.8 Å². The molecule has 2 aromatic rings. The van der Waals surface area contributed by atoms with Crippen LogP contribution in [0.4, 0.5) is 0 Å². The highest BCUT2D eigenvalue weighted by molar-refractivity contribution is 5.78. The zero-order valence-corrected chi connectivity index (χ0v) is 8.36. The standard InChI is InChI=1S/C10H6N2.C2H6/c11-7-9-6-5-8-3-1-2-4-10(8)12-9;1-2/h1-6H;1-2H3. The molecule has 0 saturated heterocycles. The van der Waals surface area contributed by atoms with Gasteiger partial charge >= 0.3 is 0 Å². The number of aromatic nitrogens is 1. The second kappa shape index (κ2) is 4.98. The van der Waals surface area contributed by atoms with Gasteiger partial charge in [0.15, 0.2) is 0 Å². The monoisotopic (exact) mass is 184 g/mol. The fourth-order valence-electron chi connectivity index (χ4n) is 1.13. The van der Waals surface area contributed by atoms with E-state index in [1.54, 1.807) is 6.07 Å². The highest BCUT2D eigenvalue weighted by atomic mass is 14.7. The maximum Gasteiger partial charge on any atom is 0.141 e. The highest BCUT2D eigenvalue weighted by Crippen LogP contribution is 2.10. The minimum Gasteiger partial charge on any atom is -0.237 e. The van der Waals surface area contributed by atoms with E-state index < -0.39 is 0 Å². The first kappa shape index (κ1) is 10.2. The van der Waals surface area contributed by atoms with Crippen LogP contribution in [0.25, 0.3) is 10.9 Å². The van der Waals surface area contributed by atoms with Crippen LogP contribution >= 0.6 is 0 Å². The average Bonchev–Trinajstić information content (AvgIpc) is 2.31. The molecule has 0 unspecified atom stereocenters. The largest absolute Gasteiger partial charge is 0.237 e. The van der Waals surface area contributed by atoms with Gasteiger partial charge in [-0.1, -0.05) is 32.0 Å². The van der Waals surface area contributed by atoms with Crippen molar-refractivity contribution in [3.63, 3.8) is 0 Å². The Bertz CT molecular complexity index is 455. The molecule has 1 heterocycles. The molecule has 1 aromatic carbocycles. The van der Waals surface area contributed by atoms with E-state index in [0.29, 0.717) is 5.69 Å². The highest BCUT2D eigenvalue weighted by Gasteiger charge is 1.94. The molecule has 1 aromatic heterocycles. The van der Waals surface area contributed by atoms with Crippen LogP contribution in [0.2, 0.25) is 0 Å². The van der Waals surface area contributed by atoms with Gasteiger partial charge < -0.3 is 0 Å². The molecule has 2 heteroatoms. The number of nitriles is 1. The molecule has 0 fully saturated rings. The van der Waals surface area contributed by atoms with E-state index in [-0.39, 0.29) is 0 Å². The maximum absolute atomic E-state index is 8.58. The summed E-state index contributed by atoms with van der Waals surface area (Å²) in [6.45, 7) is 4.00. The molecule has 2 nitrogen and oxygen atoms in total. The Labute approximate surface area is 83.8 Å². The number of rotatable bonds is 0. The molecule has 0 aliphatic rings. The molecule has 0 bridgehead atoms. The number of para-hydroxylation sites is 1. The Hall–Kier alpha value is -1.88. The second-order valence-corrected chi connectivity index (χ2v) is 2.50. The first-order valence-electron chi connectivity index (χ1n) is 4.66. The van der Waals surface area contributed by atoms with E-state index in [2.05, 4.69) is 4.98 Å². The maximum atomic E-state index is 8.58. The molecule has 0 saturated carbocycles. The molecule has 0 radical (unpaired) electrons. The van der Waals surface area contributed by atoms with Crippen LogP contribution in [-0.4, -0.2) is 4.98 Å². The van der Waals surface area contributed by atoms with Crippen molar-refractivity contribution in [2.45, 2.75) is 13.8 Å². The summed E-state index contributed by atoms with van der Waals surface area (Å²) in [5.74, 6) is 0. The number of hydrogen-bond acceptors (Lipinski definition) is 2. The van der Waals surface area contributed by atoms with E-state index >= 15 is 0 Å². The van der Waals surface area contributed by atoms with Crippen molar-refractivity contribution in [1.29, 1.82) is 5.26 Å². The zero-order chi connectivity index (χ0) is 10.4. The molecule has 0 spiro atoms. The quantitative estimate of drug-likeness (QED) is 0.630. The van der Waals surface area contributed by atoms with Crippen LogP contribution in [0, 0.1) is 11.3 Å². The minimum atomic E-state index is 0.466. The van der Waals surface area contributed by atoms with Crippen molar-refractivity contribution in [3.8, 4) is 6.07 Å². The van der Waals surface area contributed by atoms with Crippen LogP contribution in [0.3, 0.4) is 0 Å². The van der Waals surface area contributed by atoms with Crippen molar-refractivity contribution in [2.24, 2.45) is 0 Å². The fraction of sp³-hybridized carbons (Fsp3) is 0.167. The van der Waals surface area contributed by atoms with Gasteiger partial charge in [-0.25, -0.2) is 4.98 Å². The second-order valence-electron chi connectivity index (χ2n) is 2.50. The van der Waals surface area contributed by atoms with Crippen LogP contribution in [0.1, 0.15) is 19.5 Å². The van der Waals surface area contributed by atoms with Crippen molar-refractivity contribution >= 4 is 10.9 Å². The van der Waals surface area contributed by atoms with Crippen LogP contribution in [0.15, 0.2) is 36.4 Å². The lowest BCUT2D eigenvalue weighted by Crippen LogP contribution is -1.82. The number of nitrogens with zero attached hydrogens (tertiary/aromatic N) is 2. The van der Waals surface area contributed by atoms with Crippen molar-refractivity contribution in [3.05, 3.63) is 42.1 Å². The van der Waals surface area contributed by atoms with Gasteiger partial charge in [-0.05, 0) is 18.2 Å². The summed E-state index contributed by atoms with van der Waals surface area (Å²) >= 11 is 0. The van der Waals surface area contributed by atoms with Crippen molar-refractivity contribution in [1.82, 2.24) is 4.98 Å². The third-order valence-corrected chi connectivity index (χ3v) is 1.71. The minimum absolute atomic E-state index is 0.466. The Morgan fingerprint density at radius 1 is 1.07 bits per heavy atom. The Balaban J connectivity index is 0.000000461. The molecular weight excluding hydrogens is 172 g/mol. The van der Waals surface area contributed by atoms with Gasteiger partial charge in [0, 0.05) is 5.39 Å². The summed E-state index contributed by atoms with van der Waals surface area (Å²) in [6, 6.07) is 13.4. The first-order valence-corrected chi connectivity index (χ1v) is 4.66. The summed E-state index contributed by atoms with van der Waals surface area (Å²) in [6.07, 6.45) is 0. The Kier molecular flexibility index (Phi) is 3.63. The number of benzene rings is 1. The lowest BCUT2D eigenvalue weighted by molar-refractivity contribution is 1.33. The summed E-state index contributed by atoms with van der Waals surface area (Å²) < 4.78 is 0. The number of hydrogen-bond donors (Lipinski definition) is 0. The van der Waals surface area contributed by atoms with Gasteiger partial charge in [0.25, 0.3) is 0 Å². The fourth-order valence-corrected chi connectivity index (χ4v) is 1.13. The summed E-state index contributed by atoms with van der Waals surface area (Å²) in [7, 11) is 0. The van der Waals surface area contributed by atoms with E-state index in [9.17, 15) is 0 Å². The third kappa shape index (κ3) is 2.08. The molecule has 0 atom stereocenters. The lowest BCUT2D eigenvalue weighted by Gasteiger charge is -1.94. The number of fused-ring (bicyclic) bond motifs is 1.